The van der Waals surface area contributed by atoms with E-state index in [0.717, 1.165) is 48.4 Å². The van der Waals surface area contributed by atoms with Crippen molar-refractivity contribution in [3.63, 3.8) is 0 Å². The quantitative estimate of drug-likeness (QED) is 0.886. The molecule has 1 aliphatic heterocycles. The zero-order chi connectivity index (χ0) is 18.7. The summed E-state index contributed by atoms with van der Waals surface area (Å²) >= 11 is 0. The third-order valence-corrected chi connectivity index (χ3v) is 5.13. The van der Waals surface area contributed by atoms with Crippen LogP contribution in [0.25, 0.3) is 0 Å². The number of carbonyl (C=O) groups excluding carboxylic acids is 1. The first kappa shape index (κ1) is 18.5. The minimum Gasteiger partial charge on any atom is -0.367 e. The van der Waals surface area contributed by atoms with Crippen LogP contribution in [0.1, 0.15) is 54.5 Å². The molecular formula is C19H27N5O2. The summed E-state index contributed by atoms with van der Waals surface area (Å²) in [6.07, 6.45) is 7.03. The van der Waals surface area contributed by atoms with E-state index in [9.17, 15) is 4.79 Å². The van der Waals surface area contributed by atoms with Crippen LogP contribution in [0.5, 0.6) is 0 Å². The largest absolute Gasteiger partial charge is 0.367 e. The Balaban J connectivity index is 1.57. The molecule has 1 saturated heterocycles. The molecular weight excluding hydrogens is 330 g/mol. The highest BCUT2D eigenvalue weighted by atomic mass is 16.5. The molecule has 1 atom stereocenters. The smallest absolute Gasteiger partial charge is 0.224 e. The molecule has 0 radical (unpaired) electrons. The van der Waals surface area contributed by atoms with Crippen LogP contribution in [-0.4, -0.2) is 32.3 Å². The van der Waals surface area contributed by atoms with E-state index in [2.05, 4.69) is 20.4 Å². The fraction of sp³-hybridized carbons (Fsp3) is 0.579. The maximum Gasteiger partial charge on any atom is 0.224 e. The lowest BCUT2D eigenvalue weighted by Crippen LogP contribution is -2.32. The molecule has 0 spiro atoms. The summed E-state index contributed by atoms with van der Waals surface area (Å²) in [4.78, 5) is 21.2. The molecule has 1 aliphatic rings. The van der Waals surface area contributed by atoms with Crippen LogP contribution in [-0.2, 0) is 35.1 Å². The van der Waals surface area contributed by atoms with Gasteiger partial charge in [-0.3, -0.25) is 9.48 Å². The third-order valence-electron chi connectivity index (χ3n) is 5.13. The van der Waals surface area contributed by atoms with Crippen molar-refractivity contribution in [2.24, 2.45) is 7.05 Å². The molecule has 7 heteroatoms. The molecule has 26 heavy (non-hydrogen) atoms. The SMILES string of the molecule is Cc1nn(C)c(C)c1CC(=O)NCc1cnc(C2(C)CCCCO2)nc1. The Morgan fingerprint density at radius 3 is 2.62 bits per heavy atom. The molecule has 3 heterocycles. The van der Waals surface area contributed by atoms with Crippen molar-refractivity contribution < 1.29 is 9.53 Å². The van der Waals surface area contributed by atoms with Crippen LogP contribution in [0.4, 0.5) is 0 Å². The van der Waals surface area contributed by atoms with Gasteiger partial charge in [0.2, 0.25) is 5.91 Å². The topological polar surface area (TPSA) is 81.9 Å². The van der Waals surface area contributed by atoms with Crippen molar-refractivity contribution in [3.8, 4) is 0 Å². The van der Waals surface area contributed by atoms with Crippen LogP contribution in [0, 0.1) is 13.8 Å². The minimum absolute atomic E-state index is 0.0316. The average molecular weight is 357 g/mol. The summed E-state index contributed by atoms with van der Waals surface area (Å²) < 4.78 is 7.68. The van der Waals surface area contributed by atoms with Crippen LogP contribution >= 0.6 is 0 Å². The molecule has 0 aromatic carbocycles. The first-order valence-electron chi connectivity index (χ1n) is 9.10. The lowest BCUT2D eigenvalue weighted by molar-refractivity contribution is -0.120. The van der Waals surface area contributed by atoms with Gasteiger partial charge in [-0.2, -0.15) is 5.10 Å². The highest BCUT2D eigenvalue weighted by Gasteiger charge is 2.32. The summed E-state index contributed by atoms with van der Waals surface area (Å²) in [5.41, 5.74) is 3.38. The maximum atomic E-state index is 12.3. The number of carbonyl (C=O) groups is 1. The fourth-order valence-electron chi connectivity index (χ4n) is 3.33. The van der Waals surface area contributed by atoms with Gasteiger partial charge >= 0.3 is 0 Å². The normalized spacial score (nSPS) is 20.2. The molecule has 0 saturated carbocycles. The Morgan fingerprint density at radius 2 is 2.04 bits per heavy atom. The third kappa shape index (κ3) is 3.93. The van der Waals surface area contributed by atoms with Crippen LogP contribution in [0.15, 0.2) is 12.4 Å². The van der Waals surface area contributed by atoms with Crippen molar-refractivity contribution in [3.05, 3.63) is 40.7 Å². The molecule has 0 aliphatic carbocycles. The Hall–Kier alpha value is -2.28. The predicted molar refractivity (Wildman–Crippen MR) is 97.4 cm³/mol. The molecule has 2 aromatic rings. The Labute approximate surface area is 154 Å². The number of ether oxygens (including phenoxy) is 1. The Morgan fingerprint density at radius 1 is 1.31 bits per heavy atom. The van der Waals surface area contributed by atoms with E-state index < -0.39 is 5.60 Å². The number of nitrogens with one attached hydrogen (secondary N) is 1. The van der Waals surface area contributed by atoms with Gasteiger partial charge in [-0.05, 0) is 40.0 Å². The van der Waals surface area contributed by atoms with Crippen LogP contribution < -0.4 is 5.32 Å². The van der Waals surface area contributed by atoms with Crippen molar-refractivity contribution in [1.82, 2.24) is 25.1 Å². The van der Waals surface area contributed by atoms with E-state index in [1.54, 1.807) is 17.1 Å². The van der Waals surface area contributed by atoms with Gasteiger partial charge in [-0.25, -0.2) is 9.97 Å². The highest BCUT2D eigenvalue weighted by molar-refractivity contribution is 5.79. The molecule has 140 valence electrons. The molecule has 2 aromatic heterocycles. The number of hydrogen-bond acceptors (Lipinski definition) is 5. The monoisotopic (exact) mass is 357 g/mol. The predicted octanol–water partition coefficient (Wildman–Crippen LogP) is 2.10. The Bertz CT molecular complexity index is 776. The van der Waals surface area contributed by atoms with E-state index in [-0.39, 0.29) is 5.91 Å². The number of rotatable bonds is 5. The molecule has 0 bridgehead atoms. The van der Waals surface area contributed by atoms with Crippen molar-refractivity contribution in [2.75, 3.05) is 6.61 Å². The summed E-state index contributed by atoms with van der Waals surface area (Å²) in [7, 11) is 1.89. The number of hydrogen-bond donors (Lipinski definition) is 1. The number of aromatic nitrogens is 4. The zero-order valence-electron chi connectivity index (χ0n) is 16.0. The van der Waals surface area contributed by atoms with Gasteiger partial charge < -0.3 is 10.1 Å². The second-order valence-corrected chi connectivity index (χ2v) is 7.18. The van der Waals surface area contributed by atoms with Crippen LogP contribution in [0.3, 0.4) is 0 Å². The van der Waals surface area contributed by atoms with Gasteiger partial charge in [-0.1, -0.05) is 0 Å². The van der Waals surface area contributed by atoms with Gasteiger partial charge in [0.25, 0.3) is 0 Å². The van der Waals surface area contributed by atoms with E-state index in [0.29, 0.717) is 18.8 Å². The molecule has 1 unspecified atom stereocenters. The van der Waals surface area contributed by atoms with Crippen molar-refractivity contribution in [2.45, 2.75) is 58.6 Å². The standard InChI is InChI=1S/C19H27N5O2/c1-13-16(14(2)24(4)23-13)9-17(25)20-10-15-11-21-18(22-12-15)19(3)7-5-6-8-26-19/h11-12H,5-10H2,1-4H3,(H,20,25). The van der Waals surface area contributed by atoms with Crippen LogP contribution in [0.2, 0.25) is 0 Å². The first-order valence-corrected chi connectivity index (χ1v) is 9.10. The van der Waals surface area contributed by atoms with Gasteiger partial charge in [0.15, 0.2) is 5.82 Å². The summed E-state index contributed by atoms with van der Waals surface area (Å²) in [5.74, 6) is 0.685. The second kappa shape index (κ2) is 7.53. The number of aryl methyl sites for hydroxylation is 2. The van der Waals surface area contributed by atoms with Crippen molar-refractivity contribution in [1.29, 1.82) is 0 Å². The van der Waals surface area contributed by atoms with Gasteiger partial charge in [0.05, 0.1) is 12.1 Å². The lowest BCUT2D eigenvalue weighted by atomic mass is 9.95. The Kier molecular flexibility index (Phi) is 5.36. The van der Waals surface area contributed by atoms with Gasteiger partial charge in [0, 0.05) is 49.4 Å². The molecule has 1 amide bonds. The highest BCUT2D eigenvalue weighted by Crippen LogP contribution is 2.32. The molecule has 3 rings (SSSR count). The molecule has 7 nitrogen and oxygen atoms in total. The van der Waals surface area contributed by atoms with E-state index in [1.165, 1.54) is 0 Å². The lowest BCUT2D eigenvalue weighted by Gasteiger charge is -2.32. The first-order chi connectivity index (χ1) is 12.4. The van der Waals surface area contributed by atoms with Crippen molar-refractivity contribution >= 4 is 5.91 Å². The van der Waals surface area contributed by atoms with E-state index in [4.69, 9.17) is 4.74 Å². The summed E-state index contributed by atoms with van der Waals surface area (Å²) in [5, 5.41) is 7.28. The second-order valence-electron chi connectivity index (χ2n) is 7.18. The summed E-state index contributed by atoms with van der Waals surface area (Å²) in [6, 6.07) is 0. The molecule has 1 fully saturated rings. The summed E-state index contributed by atoms with van der Waals surface area (Å²) in [6.45, 7) is 7.11. The van der Waals surface area contributed by atoms with E-state index in [1.807, 2.05) is 27.8 Å². The van der Waals surface area contributed by atoms with E-state index >= 15 is 0 Å². The number of nitrogens with zero attached hydrogens (tertiary/aromatic N) is 4. The van der Waals surface area contributed by atoms with Gasteiger partial charge in [-0.15, -0.1) is 0 Å². The van der Waals surface area contributed by atoms with Gasteiger partial charge in [0.1, 0.15) is 5.60 Å². The fourth-order valence-corrected chi connectivity index (χ4v) is 3.33. The average Bonchev–Trinajstić information content (AvgIpc) is 2.87. The number of amides is 1. The molecule has 1 N–H and O–H groups in total. The maximum absolute atomic E-state index is 12.3. The zero-order valence-corrected chi connectivity index (χ0v) is 16.0. The minimum atomic E-state index is -0.393.